The molecule has 0 aliphatic rings. The van der Waals surface area contributed by atoms with Gasteiger partial charge in [0.05, 0.1) is 14.5 Å². The third-order valence-corrected chi connectivity index (χ3v) is 4.47. The second-order valence-corrected chi connectivity index (χ2v) is 5.80. The van der Waals surface area contributed by atoms with E-state index in [1.54, 1.807) is 18.2 Å². The molecule has 1 unspecified atom stereocenters. The zero-order valence-electron chi connectivity index (χ0n) is 9.84. The van der Waals surface area contributed by atoms with Crippen LogP contribution < -0.4 is 5.73 Å². The Morgan fingerprint density at radius 3 is 2.58 bits per heavy atom. The molecule has 2 aromatic carbocycles. The van der Waals surface area contributed by atoms with Crippen molar-refractivity contribution in [3.63, 3.8) is 0 Å². The Morgan fingerprint density at radius 2 is 1.89 bits per heavy atom. The van der Waals surface area contributed by atoms with Crippen LogP contribution in [0.15, 0.2) is 40.9 Å². The van der Waals surface area contributed by atoms with Gasteiger partial charge >= 0.3 is 0 Å². The van der Waals surface area contributed by atoms with Crippen molar-refractivity contribution >= 4 is 39.1 Å². The zero-order chi connectivity index (χ0) is 14.0. The van der Waals surface area contributed by atoms with E-state index in [4.69, 9.17) is 28.9 Å². The second kappa shape index (κ2) is 6.23. The second-order valence-electron chi connectivity index (χ2n) is 4.20. The molecule has 2 aromatic rings. The first kappa shape index (κ1) is 14.8. The molecule has 100 valence electrons. The quantitative estimate of drug-likeness (QED) is 0.803. The number of benzene rings is 2. The fourth-order valence-corrected chi connectivity index (χ4v) is 2.54. The first-order valence-corrected chi connectivity index (χ1v) is 7.17. The van der Waals surface area contributed by atoms with Crippen LogP contribution in [0.5, 0.6) is 0 Å². The number of hydrogen-bond donors (Lipinski definition) is 1. The predicted octanol–water partition coefficient (Wildman–Crippen LogP) is 5.14. The summed E-state index contributed by atoms with van der Waals surface area (Å²) in [6.07, 6.45) is 0.510. The lowest BCUT2D eigenvalue weighted by Gasteiger charge is -2.14. The molecular weight excluding hydrogens is 352 g/mol. The van der Waals surface area contributed by atoms with Crippen LogP contribution in [-0.2, 0) is 6.42 Å². The van der Waals surface area contributed by atoms with Gasteiger partial charge in [-0.2, -0.15) is 0 Å². The molecule has 0 amide bonds. The monoisotopic (exact) mass is 361 g/mol. The van der Waals surface area contributed by atoms with E-state index in [2.05, 4.69) is 15.9 Å². The van der Waals surface area contributed by atoms with Gasteiger partial charge in [0.2, 0.25) is 0 Å². The molecule has 0 aliphatic heterocycles. The van der Waals surface area contributed by atoms with Crippen molar-refractivity contribution in [3.05, 3.63) is 67.9 Å². The highest BCUT2D eigenvalue weighted by Gasteiger charge is 2.12. The molecule has 0 bridgehead atoms. The van der Waals surface area contributed by atoms with Crippen molar-refractivity contribution in [2.24, 2.45) is 5.73 Å². The summed E-state index contributed by atoms with van der Waals surface area (Å²) in [4.78, 5) is 0. The summed E-state index contributed by atoms with van der Waals surface area (Å²) in [6, 6.07) is 9.90. The number of halogens is 4. The largest absolute Gasteiger partial charge is 0.324 e. The summed E-state index contributed by atoms with van der Waals surface area (Å²) in [5, 5.41) is 0.956. The van der Waals surface area contributed by atoms with Crippen LogP contribution in [0.2, 0.25) is 10.0 Å². The first-order chi connectivity index (χ1) is 8.99. The summed E-state index contributed by atoms with van der Waals surface area (Å²) in [5.74, 6) is -0.293. The topological polar surface area (TPSA) is 26.0 Å². The summed E-state index contributed by atoms with van der Waals surface area (Å²) < 4.78 is 13.9. The number of nitrogens with two attached hydrogens (primary N) is 1. The number of hydrogen-bond acceptors (Lipinski definition) is 1. The summed E-state index contributed by atoms with van der Waals surface area (Å²) in [7, 11) is 0. The summed E-state index contributed by atoms with van der Waals surface area (Å²) in [5.41, 5.74) is 7.80. The molecule has 2 N–H and O–H groups in total. The van der Waals surface area contributed by atoms with Gasteiger partial charge in [0.15, 0.2) is 0 Å². The molecule has 0 fully saturated rings. The molecule has 1 atom stereocenters. The van der Waals surface area contributed by atoms with E-state index in [0.29, 0.717) is 20.9 Å². The van der Waals surface area contributed by atoms with Crippen molar-refractivity contribution in [2.75, 3.05) is 0 Å². The molecule has 0 aromatic heterocycles. The van der Waals surface area contributed by atoms with Gasteiger partial charge in [0.25, 0.3) is 0 Å². The molecule has 2 rings (SSSR count). The van der Waals surface area contributed by atoms with Gasteiger partial charge in [-0.05, 0) is 51.7 Å². The SMILES string of the molecule is NC(Cc1cccc(F)c1Br)c1ccc(Cl)c(Cl)c1. The van der Waals surface area contributed by atoms with Crippen LogP contribution >= 0.6 is 39.1 Å². The summed E-state index contributed by atoms with van der Waals surface area (Å²) >= 11 is 15.1. The maximum atomic E-state index is 13.4. The van der Waals surface area contributed by atoms with E-state index in [0.717, 1.165) is 11.1 Å². The van der Waals surface area contributed by atoms with Crippen molar-refractivity contribution < 1.29 is 4.39 Å². The van der Waals surface area contributed by atoms with Crippen molar-refractivity contribution in [3.8, 4) is 0 Å². The van der Waals surface area contributed by atoms with Crippen LogP contribution in [0.25, 0.3) is 0 Å². The molecule has 0 spiro atoms. The zero-order valence-corrected chi connectivity index (χ0v) is 12.9. The Morgan fingerprint density at radius 1 is 1.16 bits per heavy atom. The van der Waals surface area contributed by atoms with Gasteiger partial charge in [-0.25, -0.2) is 4.39 Å². The molecule has 0 heterocycles. The summed E-state index contributed by atoms with van der Waals surface area (Å²) in [6.45, 7) is 0. The van der Waals surface area contributed by atoms with E-state index < -0.39 is 0 Å². The molecule has 0 radical (unpaired) electrons. The van der Waals surface area contributed by atoms with Gasteiger partial charge in [0, 0.05) is 6.04 Å². The van der Waals surface area contributed by atoms with E-state index >= 15 is 0 Å². The molecule has 19 heavy (non-hydrogen) atoms. The van der Waals surface area contributed by atoms with Crippen LogP contribution in [-0.4, -0.2) is 0 Å². The van der Waals surface area contributed by atoms with E-state index in [9.17, 15) is 4.39 Å². The van der Waals surface area contributed by atoms with Crippen LogP contribution in [0.3, 0.4) is 0 Å². The third-order valence-electron chi connectivity index (χ3n) is 2.84. The normalized spacial score (nSPS) is 12.5. The van der Waals surface area contributed by atoms with Gasteiger partial charge in [-0.15, -0.1) is 0 Å². The fourth-order valence-electron chi connectivity index (χ4n) is 1.80. The van der Waals surface area contributed by atoms with Crippen molar-refractivity contribution in [1.82, 2.24) is 0 Å². The Labute approximate surface area is 129 Å². The third kappa shape index (κ3) is 3.48. The van der Waals surface area contributed by atoms with Crippen LogP contribution in [0, 0.1) is 5.82 Å². The molecule has 0 saturated carbocycles. The van der Waals surface area contributed by atoms with Gasteiger partial charge in [-0.3, -0.25) is 0 Å². The standard InChI is InChI=1S/C14H11BrCl2FN/c15-14-9(2-1-3-12(14)18)7-13(19)8-4-5-10(16)11(17)6-8/h1-6,13H,7,19H2. The van der Waals surface area contributed by atoms with Crippen molar-refractivity contribution in [1.29, 1.82) is 0 Å². The Kier molecular flexibility index (Phi) is 4.85. The Balaban J connectivity index is 2.23. The van der Waals surface area contributed by atoms with Gasteiger partial charge in [0.1, 0.15) is 5.82 Å². The van der Waals surface area contributed by atoms with E-state index in [-0.39, 0.29) is 11.9 Å². The average Bonchev–Trinajstić information content (AvgIpc) is 2.38. The Bertz CT molecular complexity index is 604. The molecule has 0 aliphatic carbocycles. The predicted molar refractivity (Wildman–Crippen MR) is 81.2 cm³/mol. The van der Waals surface area contributed by atoms with Gasteiger partial charge in [-0.1, -0.05) is 41.4 Å². The van der Waals surface area contributed by atoms with E-state index in [1.807, 2.05) is 12.1 Å². The highest BCUT2D eigenvalue weighted by Crippen LogP contribution is 2.28. The average molecular weight is 363 g/mol. The fraction of sp³-hybridized carbons (Fsp3) is 0.143. The lowest BCUT2D eigenvalue weighted by molar-refractivity contribution is 0.614. The minimum Gasteiger partial charge on any atom is -0.324 e. The number of rotatable bonds is 3. The highest BCUT2D eigenvalue weighted by atomic mass is 79.9. The molecule has 5 heteroatoms. The van der Waals surface area contributed by atoms with Crippen LogP contribution in [0.1, 0.15) is 17.2 Å². The Hall–Kier alpha value is -0.610. The molecule has 1 nitrogen and oxygen atoms in total. The maximum absolute atomic E-state index is 13.4. The van der Waals surface area contributed by atoms with E-state index in [1.165, 1.54) is 6.07 Å². The molecule has 0 saturated heterocycles. The minimum atomic E-state index is -0.293. The first-order valence-electron chi connectivity index (χ1n) is 5.62. The lowest BCUT2D eigenvalue weighted by Crippen LogP contribution is -2.13. The smallest absolute Gasteiger partial charge is 0.137 e. The minimum absolute atomic E-state index is 0.270. The van der Waals surface area contributed by atoms with Crippen molar-refractivity contribution in [2.45, 2.75) is 12.5 Å². The van der Waals surface area contributed by atoms with Gasteiger partial charge < -0.3 is 5.73 Å². The lowest BCUT2D eigenvalue weighted by atomic mass is 10.00. The highest BCUT2D eigenvalue weighted by molar-refractivity contribution is 9.10. The van der Waals surface area contributed by atoms with Crippen LogP contribution in [0.4, 0.5) is 4.39 Å². The molecular formula is C14H11BrCl2FN. The maximum Gasteiger partial charge on any atom is 0.137 e.